The highest BCUT2D eigenvalue weighted by molar-refractivity contribution is 5.85. The highest BCUT2D eigenvalue weighted by atomic mass is 35.5. The van der Waals surface area contributed by atoms with Crippen LogP contribution in [-0.2, 0) is 4.79 Å². The Kier molecular flexibility index (Phi) is 4.37. The summed E-state index contributed by atoms with van der Waals surface area (Å²) in [5.41, 5.74) is 5.60. The number of nitrogens with one attached hydrogen (secondary N) is 1. The third-order valence-electron chi connectivity index (χ3n) is 3.22. The molecule has 5 heteroatoms. The molecule has 1 amide bonds. The zero-order valence-corrected chi connectivity index (χ0v) is 9.93. The van der Waals surface area contributed by atoms with Gasteiger partial charge in [0.2, 0.25) is 5.91 Å². The van der Waals surface area contributed by atoms with E-state index in [2.05, 4.69) is 5.32 Å². The molecule has 2 aliphatic rings. The average Bonchev–Trinajstić information content (AvgIpc) is 2.45. The summed E-state index contributed by atoms with van der Waals surface area (Å²) in [5, 5.41) is 3.54. The standard InChI is InChI=1S/C10H19N3O.ClH/c1-7(11)10(14)13-5-4-8-2-3-9(6-13)12-8;/h7-9,12H,2-6,11H2,1H3;1H/t7-,8?,9?;/m0./s1. The molecule has 15 heavy (non-hydrogen) atoms. The smallest absolute Gasteiger partial charge is 0.239 e. The third kappa shape index (κ3) is 2.83. The summed E-state index contributed by atoms with van der Waals surface area (Å²) in [7, 11) is 0. The molecule has 0 radical (unpaired) electrons. The molecule has 0 spiro atoms. The SMILES string of the molecule is C[C@H](N)C(=O)N1CCC2CCC(C1)N2.Cl. The molecular weight excluding hydrogens is 214 g/mol. The first-order valence-electron chi connectivity index (χ1n) is 5.47. The maximum Gasteiger partial charge on any atom is 0.239 e. The normalized spacial score (nSPS) is 31.7. The van der Waals surface area contributed by atoms with Crippen LogP contribution in [0.2, 0.25) is 0 Å². The second-order valence-corrected chi connectivity index (χ2v) is 4.50. The Labute approximate surface area is 97.0 Å². The van der Waals surface area contributed by atoms with Crippen LogP contribution in [0.4, 0.5) is 0 Å². The number of nitrogens with two attached hydrogens (primary N) is 1. The molecular formula is C10H20ClN3O. The minimum atomic E-state index is -0.355. The van der Waals surface area contributed by atoms with Gasteiger partial charge in [0.05, 0.1) is 6.04 Å². The van der Waals surface area contributed by atoms with Gasteiger partial charge >= 0.3 is 0 Å². The van der Waals surface area contributed by atoms with E-state index >= 15 is 0 Å². The Balaban J connectivity index is 0.00000112. The van der Waals surface area contributed by atoms with E-state index in [0.29, 0.717) is 12.1 Å². The van der Waals surface area contributed by atoms with Crippen LogP contribution in [0.1, 0.15) is 26.2 Å². The summed E-state index contributed by atoms with van der Waals surface area (Å²) < 4.78 is 0. The van der Waals surface area contributed by atoms with Gasteiger partial charge in [-0.3, -0.25) is 4.79 Å². The van der Waals surface area contributed by atoms with Gasteiger partial charge in [0.1, 0.15) is 0 Å². The van der Waals surface area contributed by atoms with Gasteiger partial charge in [0.15, 0.2) is 0 Å². The van der Waals surface area contributed by atoms with E-state index in [-0.39, 0.29) is 24.4 Å². The molecule has 0 aromatic carbocycles. The minimum absolute atomic E-state index is 0. The fourth-order valence-electron chi connectivity index (χ4n) is 2.43. The van der Waals surface area contributed by atoms with Crippen LogP contribution in [0.15, 0.2) is 0 Å². The maximum absolute atomic E-state index is 11.7. The van der Waals surface area contributed by atoms with E-state index < -0.39 is 0 Å². The number of likely N-dealkylation sites (tertiary alicyclic amines) is 1. The van der Waals surface area contributed by atoms with Gasteiger partial charge < -0.3 is 16.0 Å². The summed E-state index contributed by atoms with van der Waals surface area (Å²) in [6.45, 7) is 3.48. The summed E-state index contributed by atoms with van der Waals surface area (Å²) in [4.78, 5) is 13.6. The molecule has 2 rings (SSSR count). The molecule has 88 valence electrons. The van der Waals surface area contributed by atoms with Crippen LogP contribution in [0.25, 0.3) is 0 Å². The molecule has 2 bridgehead atoms. The van der Waals surface area contributed by atoms with E-state index in [1.165, 1.54) is 12.8 Å². The van der Waals surface area contributed by atoms with Crippen LogP contribution in [0.5, 0.6) is 0 Å². The quantitative estimate of drug-likeness (QED) is 0.676. The average molecular weight is 234 g/mol. The van der Waals surface area contributed by atoms with Gasteiger partial charge in [-0.25, -0.2) is 0 Å². The Morgan fingerprint density at radius 1 is 1.40 bits per heavy atom. The summed E-state index contributed by atoms with van der Waals surface area (Å²) in [5.74, 6) is 0.0966. The molecule has 2 unspecified atom stereocenters. The van der Waals surface area contributed by atoms with E-state index in [9.17, 15) is 4.79 Å². The molecule has 2 fully saturated rings. The number of halogens is 1. The van der Waals surface area contributed by atoms with Crippen LogP contribution < -0.4 is 11.1 Å². The lowest BCUT2D eigenvalue weighted by molar-refractivity contribution is -0.132. The molecule has 3 atom stereocenters. The second kappa shape index (κ2) is 5.14. The number of hydrogen-bond donors (Lipinski definition) is 2. The van der Waals surface area contributed by atoms with Crippen molar-refractivity contribution in [3.63, 3.8) is 0 Å². The van der Waals surface area contributed by atoms with Crippen molar-refractivity contribution in [1.29, 1.82) is 0 Å². The number of hydrogen-bond acceptors (Lipinski definition) is 3. The molecule has 2 heterocycles. The van der Waals surface area contributed by atoms with Crippen molar-refractivity contribution in [2.75, 3.05) is 13.1 Å². The number of carbonyl (C=O) groups excluding carboxylic acids is 1. The van der Waals surface area contributed by atoms with Crippen LogP contribution in [0.3, 0.4) is 0 Å². The zero-order chi connectivity index (χ0) is 10.1. The van der Waals surface area contributed by atoms with Crippen molar-refractivity contribution in [3.8, 4) is 0 Å². The number of carbonyl (C=O) groups is 1. The number of amides is 1. The zero-order valence-electron chi connectivity index (χ0n) is 9.11. The van der Waals surface area contributed by atoms with Gasteiger partial charge in [-0.2, -0.15) is 0 Å². The Morgan fingerprint density at radius 2 is 2.07 bits per heavy atom. The monoisotopic (exact) mass is 233 g/mol. The molecule has 0 aliphatic carbocycles. The van der Waals surface area contributed by atoms with Gasteiger partial charge in [0.25, 0.3) is 0 Å². The number of rotatable bonds is 1. The Morgan fingerprint density at radius 3 is 2.73 bits per heavy atom. The molecule has 3 N–H and O–H groups in total. The van der Waals surface area contributed by atoms with E-state index in [4.69, 9.17) is 5.73 Å². The highest BCUT2D eigenvalue weighted by Crippen LogP contribution is 2.20. The summed E-state index contributed by atoms with van der Waals surface area (Å²) in [6, 6.07) is 0.780. The fraction of sp³-hybridized carbons (Fsp3) is 0.900. The minimum Gasteiger partial charge on any atom is -0.340 e. The Bertz CT molecular complexity index is 235. The van der Waals surface area contributed by atoms with Crippen molar-refractivity contribution < 1.29 is 4.79 Å². The topological polar surface area (TPSA) is 58.4 Å². The van der Waals surface area contributed by atoms with Gasteiger partial charge in [-0.05, 0) is 26.2 Å². The molecule has 2 aliphatic heterocycles. The lowest BCUT2D eigenvalue weighted by Gasteiger charge is -2.25. The predicted molar refractivity (Wildman–Crippen MR) is 62.0 cm³/mol. The highest BCUT2D eigenvalue weighted by Gasteiger charge is 2.31. The van der Waals surface area contributed by atoms with Crippen LogP contribution in [0, 0.1) is 0 Å². The van der Waals surface area contributed by atoms with E-state index in [1.54, 1.807) is 6.92 Å². The maximum atomic E-state index is 11.7. The number of nitrogens with zero attached hydrogens (tertiary/aromatic N) is 1. The molecule has 0 saturated carbocycles. The number of fused-ring (bicyclic) bond motifs is 2. The largest absolute Gasteiger partial charge is 0.340 e. The Hall–Kier alpha value is -0.320. The first kappa shape index (κ1) is 12.7. The van der Waals surface area contributed by atoms with Crippen molar-refractivity contribution >= 4 is 18.3 Å². The van der Waals surface area contributed by atoms with Gasteiger partial charge in [-0.1, -0.05) is 0 Å². The van der Waals surface area contributed by atoms with Crippen molar-refractivity contribution in [2.24, 2.45) is 5.73 Å². The van der Waals surface area contributed by atoms with Crippen LogP contribution >= 0.6 is 12.4 Å². The van der Waals surface area contributed by atoms with Crippen molar-refractivity contribution in [3.05, 3.63) is 0 Å². The predicted octanol–water partition coefficient (Wildman–Crippen LogP) is 0.108. The van der Waals surface area contributed by atoms with Crippen molar-refractivity contribution in [2.45, 2.75) is 44.3 Å². The lowest BCUT2D eigenvalue weighted by atomic mass is 10.1. The van der Waals surface area contributed by atoms with Crippen LogP contribution in [-0.4, -0.2) is 42.0 Å². The molecule has 4 nitrogen and oxygen atoms in total. The fourth-order valence-corrected chi connectivity index (χ4v) is 2.43. The van der Waals surface area contributed by atoms with Crippen molar-refractivity contribution in [1.82, 2.24) is 10.2 Å². The first-order chi connectivity index (χ1) is 6.66. The van der Waals surface area contributed by atoms with Gasteiger partial charge in [-0.15, -0.1) is 12.4 Å². The second-order valence-electron chi connectivity index (χ2n) is 4.50. The molecule has 2 saturated heterocycles. The third-order valence-corrected chi connectivity index (χ3v) is 3.22. The summed E-state index contributed by atoms with van der Waals surface area (Å²) >= 11 is 0. The molecule has 0 aromatic heterocycles. The van der Waals surface area contributed by atoms with Gasteiger partial charge in [0, 0.05) is 25.2 Å². The lowest BCUT2D eigenvalue weighted by Crippen LogP contribution is -2.45. The van der Waals surface area contributed by atoms with E-state index in [0.717, 1.165) is 19.5 Å². The van der Waals surface area contributed by atoms with E-state index in [1.807, 2.05) is 4.90 Å². The molecule has 0 aromatic rings. The summed E-state index contributed by atoms with van der Waals surface area (Å²) in [6.07, 6.45) is 3.55. The first-order valence-corrected chi connectivity index (χ1v) is 5.47.